The van der Waals surface area contributed by atoms with E-state index in [1.165, 1.54) is 0 Å². The van der Waals surface area contributed by atoms with Crippen LogP contribution in [0.4, 0.5) is 5.69 Å². The standard InChI is InChI=1S/C20H28N2O5S/c1-2-27-20(24)16-8-11-21(12-9-16)14-19(23)22(17-6-4-3-5-7-17)18-10-13-28(25,26)15-18/h3-7,16,18H,2,8-15H2,1H3/p+1/t18-/m1/s1. The molecule has 3 rings (SSSR count). The molecule has 0 spiro atoms. The number of carbonyl (C=O) groups is 2. The van der Waals surface area contributed by atoms with Gasteiger partial charge in [0.05, 0.1) is 43.2 Å². The summed E-state index contributed by atoms with van der Waals surface area (Å²) >= 11 is 0. The van der Waals surface area contributed by atoms with Crippen molar-refractivity contribution in [3.63, 3.8) is 0 Å². The lowest BCUT2D eigenvalue weighted by Crippen LogP contribution is -3.14. The Labute approximate surface area is 166 Å². The number of hydrogen-bond acceptors (Lipinski definition) is 5. The zero-order chi connectivity index (χ0) is 20.1. The SMILES string of the molecule is CCOC(=O)C1CC[NH+](CC(=O)N(c2ccccc2)[C@@H]2CCS(=O)(=O)C2)CC1. The summed E-state index contributed by atoms with van der Waals surface area (Å²) in [4.78, 5) is 27.8. The number of likely N-dealkylation sites (tertiary alicyclic amines) is 1. The van der Waals surface area contributed by atoms with E-state index in [1.807, 2.05) is 30.3 Å². The predicted molar refractivity (Wildman–Crippen MR) is 106 cm³/mol. The van der Waals surface area contributed by atoms with E-state index in [-0.39, 0.29) is 35.3 Å². The zero-order valence-electron chi connectivity index (χ0n) is 16.3. The van der Waals surface area contributed by atoms with Gasteiger partial charge in [0.15, 0.2) is 16.4 Å². The number of carbonyl (C=O) groups excluding carboxylic acids is 2. The minimum absolute atomic E-state index is 0.0217. The van der Waals surface area contributed by atoms with Crippen LogP contribution >= 0.6 is 0 Å². The number of amides is 1. The molecule has 1 amide bonds. The average Bonchev–Trinajstić information content (AvgIpc) is 3.03. The van der Waals surface area contributed by atoms with E-state index in [0.717, 1.165) is 23.7 Å². The summed E-state index contributed by atoms with van der Waals surface area (Å²) in [7, 11) is -3.09. The Balaban J connectivity index is 1.65. The lowest BCUT2D eigenvalue weighted by Gasteiger charge is -2.32. The number of para-hydroxylation sites is 1. The minimum atomic E-state index is -3.09. The molecule has 0 aliphatic carbocycles. The van der Waals surface area contributed by atoms with Crippen LogP contribution in [0.25, 0.3) is 0 Å². The molecule has 1 aromatic rings. The van der Waals surface area contributed by atoms with Crippen molar-refractivity contribution in [2.24, 2.45) is 5.92 Å². The molecule has 7 nitrogen and oxygen atoms in total. The molecule has 2 aliphatic heterocycles. The molecule has 0 saturated carbocycles. The summed E-state index contributed by atoms with van der Waals surface area (Å²) < 4.78 is 29.0. The molecule has 28 heavy (non-hydrogen) atoms. The predicted octanol–water partition coefficient (Wildman–Crippen LogP) is 0.0647. The molecule has 0 unspecified atom stereocenters. The Kier molecular flexibility index (Phi) is 6.72. The van der Waals surface area contributed by atoms with E-state index >= 15 is 0 Å². The van der Waals surface area contributed by atoms with E-state index in [4.69, 9.17) is 4.74 Å². The van der Waals surface area contributed by atoms with Crippen LogP contribution in [-0.4, -0.2) is 64.1 Å². The van der Waals surface area contributed by atoms with Gasteiger partial charge < -0.3 is 14.5 Å². The third-order valence-electron chi connectivity index (χ3n) is 5.59. The first-order valence-electron chi connectivity index (χ1n) is 9.97. The van der Waals surface area contributed by atoms with Crippen molar-refractivity contribution in [3.05, 3.63) is 30.3 Å². The molecule has 1 atom stereocenters. The highest BCUT2D eigenvalue weighted by atomic mass is 32.2. The molecule has 0 bridgehead atoms. The maximum Gasteiger partial charge on any atom is 0.309 e. The Morgan fingerprint density at radius 3 is 2.39 bits per heavy atom. The fraction of sp³-hybridized carbons (Fsp3) is 0.600. The summed E-state index contributed by atoms with van der Waals surface area (Å²) in [6.07, 6.45) is 1.90. The monoisotopic (exact) mass is 409 g/mol. The van der Waals surface area contributed by atoms with Crippen molar-refractivity contribution in [1.82, 2.24) is 0 Å². The van der Waals surface area contributed by atoms with Gasteiger partial charge in [-0.1, -0.05) is 18.2 Å². The number of piperidine rings is 1. The molecule has 1 N–H and O–H groups in total. The summed E-state index contributed by atoms with van der Waals surface area (Å²) in [6, 6.07) is 8.99. The van der Waals surface area contributed by atoms with E-state index in [1.54, 1.807) is 11.8 Å². The smallest absolute Gasteiger partial charge is 0.309 e. The fourth-order valence-electron chi connectivity index (χ4n) is 4.12. The maximum atomic E-state index is 13.1. The van der Waals surface area contributed by atoms with Crippen molar-refractivity contribution in [2.45, 2.75) is 32.2 Å². The number of hydrogen-bond donors (Lipinski definition) is 1. The van der Waals surface area contributed by atoms with Crippen LogP contribution in [0.2, 0.25) is 0 Å². The number of nitrogens with one attached hydrogen (secondary N) is 1. The average molecular weight is 410 g/mol. The van der Waals surface area contributed by atoms with Crippen LogP contribution in [0.5, 0.6) is 0 Å². The molecule has 154 valence electrons. The number of quaternary nitrogens is 1. The third kappa shape index (κ3) is 5.11. The van der Waals surface area contributed by atoms with Gasteiger partial charge in [0, 0.05) is 18.5 Å². The second kappa shape index (κ2) is 9.05. The van der Waals surface area contributed by atoms with Crippen molar-refractivity contribution in [2.75, 3.05) is 42.6 Å². The topological polar surface area (TPSA) is 85.2 Å². The van der Waals surface area contributed by atoms with Gasteiger partial charge in [0.1, 0.15) is 0 Å². The van der Waals surface area contributed by atoms with Crippen molar-refractivity contribution in [3.8, 4) is 0 Å². The second-order valence-corrected chi connectivity index (χ2v) is 9.84. The Morgan fingerprint density at radius 2 is 1.82 bits per heavy atom. The number of rotatable bonds is 6. The van der Waals surface area contributed by atoms with E-state index in [0.29, 0.717) is 32.4 Å². The highest BCUT2D eigenvalue weighted by molar-refractivity contribution is 7.91. The van der Waals surface area contributed by atoms with Gasteiger partial charge in [0.2, 0.25) is 0 Å². The molecule has 8 heteroatoms. The molecule has 2 saturated heterocycles. The quantitative estimate of drug-likeness (QED) is 0.672. The molecule has 0 radical (unpaired) electrons. The molecule has 0 aromatic heterocycles. The molecular formula is C20H29N2O5S+. The summed E-state index contributed by atoms with van der Waals surface area (Å²) in [6.45, 7) is 3.97. The number of nitrogens with zero attached hydrogens (tertiary/aromatic N) is 1. The highest BCUT2D eigenvalue weighted by Crippen LogP contribution is 2.24. The van der Waals surface area contributed by atoms with Crippen LogP contribution in [0.3, 0.4) is 0 Å². The molecule has 2 fully saturated rings. The van der Waals surface area contributed by atoms with Gasteiger partial charge in [0.25, 0.3) is 5.91 Å². The van der Waals surface area contributed by atoms with Crippen LogP contribution in [0, 0.1) is 5.92 Å². The summed E-state index contributed by atoms with van der Waals surface area (Å²) in [5.74, 6) is -0.128. The van der Waals surface area contributed by atoms with Crippen LogP contribution < -0.4 is 9.80 Å². The van der Waals surface area contributed by atoms with Gasteiger partial charge in [-0.3, -0.25) is 9.59 Å². The van der Waals surface area contributed by atoms with Crippen LogP contribution in [-0.2, 0) is 24.2 Å². The first-order chi connectivity index (χ1) is 13.4. The van der Waals surface area contributed by atoms with E-state index in [2.05, 4.69) is 0 Å². The number of ether oxygens (including phenoxy) is 1. The first kappa shape index (κ1) is 20.8. The first-order valence-corrected chi connectivity index (χ1v) is 11.8. The zero-order valence-corrected chi connectivity index (χ0v) is 17.1. The molecule has 1 aromatic carbocycles. The fourth-order valence-corrected chi connectivity index (χ4v) is 5.82. The third-order valence-corrected chi connectivity index (χ3v) is 7.34. The van der Waals surface area contributed by atoms with Crippen LogP contribution in [0.15, 0.2) is 30.3 Å². The number of sulfone groups is 1. The van der Waals surface area contributed by atoms with Crippen LogP contribution in [0.1, 0.15) is 26.2 Å². The van der Waals surface area contributed by atoms with E-state index in [9.17, 15) is 18.0 Å². The number of anilines is 1. The Hall–Kier alpha value is -1.93. The number of esters is 1. The van der Waals surface area contributed by atoms with Gasteiger partial charge >= 0.3 is 5.97 Å². The van der Waals surface area contributed by atoms with Crippen molar-refractivity contribution in [1.29, 1.82) is 0 Å². The van der Waals surface area contributed by atoms with Gasteiger partial charge in [-0.15, -0.1) is 0 Å². The maximum absolute atomic E-state index is 13.1. The van der Waals surface area contributed by atoms with Crippen molar-refractivity contribution >= 4 is 27.4 Å². The molecule has 2 heterocycles. The normalized spacial score (nSPS) is 26.5. The lowest BCUT2D eigenvalue weighted by molar-refractivity contribution is -0.897. The molecule has 2 aliphatic rings. The highest BCUT2D eigenvalue weighted by Gasteiger charge is 2.37. The van der Waals surface area contributed by atoms with Gasteiger partial charge in [-0.25, -0.2) is 8.42 Å². The van der Waals surface area contributed by atoms with Crippen molar-refractivity contribution < 1.29 is 27.6 Å². The Bertz CT molecular complexity index is 788. The second-order valence-electron chi connectivity index (χ2n) is 7.61. The summed E-state index contributed by atoms with van der Waals surface area (Å²) in [5.41, 5.74) is 0.746. The van der Waals surface area contributed by atoms with Gasteiger partial charge in [-0.05, 0) is 25.5 Å². The largest absolute Gasteiger partial charge is 0.466 e. The lowest BCUT2D eigenvalue weighted by atomic mass is 9.97. The summed E-state index contributed by atoms with van der Waals surface area (Å²) in [5, 5.41) is 0. The minimum Gasteiger partial charge on any atom is -0.466 e. The number of benzene rings is 1. The van der Waals surface area contributed by atoms with E-state index < -0.39 is 9.84 Å². The Morgan fingerprint density at radius 1 is 1.14 bits per heavy atom. The van der Waals surface area contributed by atoms with Gasteiger partial charge in [-0.2, -0.15) is 0 Å². The molecular weight excluding hydrogens is 380 g/mol.